The highest BCUT2D eigenvalue weighted by molar-refractivity contribution is 7.87. The molecule has 3 N–H and O–H groups in total. The predicted octanol–water partition coefficient (Wildman–Crippen LogP) is 5.12. The molecule has 0 saturated heterocycles. The van der Waals surface area contributed by atoms with E-state index in [0.717, 1.165) is 16.7 Å². The van der Waals surface area contributed by atoms with E-state index in [2.05, 4.69) is 9.35 Å². The summed E-state index contributed by atoms with van der Waals surface area (Å²) in [6.45, 7) is 13.0. The first-order valence-electron chi connectivity index (χ1n) is 9.59. The molecule has 160 valence electrons. The Morgan fingerprint density at radius 3 is 2.14 bits per heavy atom. The second-order valence-electron chi connectivity index (χ2n) is 8.32. The summed E-state index contributed by atoms with van der Waals surface area (Å²) in [6, 6.07) is 3.02. The zero-order chi connectivity index (χ0) is 22.1. The molecule has 0 aliphatic rings. The zero-order valence-corrected chi connectivity index (χ0v) is 19.6. The molecular formula is C21H30FN3O2S2. The van der Waals surface area contributed by atoms with Gasteiger partial charge >= 0.3 is 0 Å². The molecule has 29 heavy (non-hydrogen) atoms. The summed E-state index contributed by atoms with van der Waals surface area (Å²) in [5.41, 5.74) is 1.41. The maximum Gasteiger partial charge on any atom is 0.260 e. The Balaban J connectivity index is 2.44. The van der Waals surface area contributed by atoms with E-state index in [-0.39, 0.29) is 23.6 Å². The molecule has 0 spiro atoms. The van der Waals surface area contributed by atoms with Gasteiger partial charge in [0.25, 0.3) is 5.91 Å². The molecule has 0 aliphatic carbocycles. The van der Waals surface area contributed by atoms with Gasteiger partial charge in [-0.2, -0.15) is 4.36 Å². The van der Waals surface area contributed by atoms with Crippen LogP contribution in [-0.4, -0.2) is 16.0 Å². The number of rotatable bonds is 6. The Hall–Kier alpha value is -1.48. The fourth-order valence-electron chi connectivity index (χ4n) is 3.10. The lowest BCUT2D eigenvalue weighted by Gasteiger charge is -2.23. The SMILES string of the molecule is CC(C)c1cc(F)cc(C(C)C)c1C(C)C(=O)/N=S(\N)c1cnc(C(C)(C)O)s1. The Morgan fingerprint density at radius 1 is 1.21 bits per heavy atom. The quantitative estimate of drug-likeness (QED) is 0.654. The van der Waals surface area contributed by atoms with Crippen LogP contribution >= 0.6 is 11.3 Å². The third kappa shape index (κ3) is 5.57. The Morgan fingerprint density at radius 2 is 1.72 bits per heavy atom. The molecule has 2 unspecified atom stereocenters. The number of benzene rings is 1. The lowest BCUT2D eigenvalue weighted by atomic mass is 9.82. The van der Waals surface area contributed by atoms with Crippen molar-refractivity contribution in [1.29, 1.82) is 0 Å². The van der Waals surface area contributed by atoms with Gasteiger partial charge in [-0.25, -0.2) is 9.37 Å². The van der Waals surface area contributed by atoms with Gasteiger partial charge in [0.1, 0.15) is 20.6 Å². The van der Waals surface area contributed by atoms with Gasteiger partial charge in [-0.1, -0.05) is 27.7 Å². The second kappa shape index (κ2) is 9.12. The van der Waals surface area contributed by atoms with Crippen LogP contribution in [0.15, 0.2) is 26.9 Å². The van der Waals surface area contributed by atoms with Crippen LogP contribution in [-0.2, 0) is 21.3 Å². The summed E-state index contributed by atoms with van der Waals surface area (Å²) in [6.07, 6.45) is 1.56. The van der Waals surface area contributed by atoms with Gasteiger partial charge in [0.05, 0.1) is 12.1 Å². The van der Waals surface area contributed by atoms with Crippen LogP contribution in [0.25, 0.3) is 0 Å². The summed E-state index contributed by atoms with van der Waals surface area (Å²) in [7, 11) is -1.16. The molecule has 1 aromatic carbocycles. The first-order valence-corrected chi connectivity index (χ1v) is 11.6. The normalized spacial score (nSPS) is 14.6. The van der Waals surface area contributed by atoms with Crippen LogP contribution in [0.3, 0.4) is 0 Å². The molecule has 0 radical (unpaired) electrons. The Kier molecular flexibility index (Phi) is 7.48. The number of nitrogens with zero attached hydrogens (tertiary/aromatic N) is 2. The summed E-state index contributed by atoms with van der Waals surface area (Å²) >= 11 is 1.25. The maximum atomic E-state index is 14.2. The summed E-state index contributed by atoms with van der Waals surface area (Å²) in [5.74, 6) is -1.03. The molecule has 2 rings (SSSR count). The van der Waals surface area contributed by atoms with Crippen molar-refractivity contribution < 1.29 is 14.3 Å². The number of carbonyl (C=O) groups excluding carboxylic acids is 1. The topological polar surface area (TPSA) is 88.6 Å². The van der Waals surface area contributed by atoms with Crippen molar-refractivity contribution in [1.82, 2.24) is 4.98 Å². The molecule has 0 fully saturated rings. The minimum atomic E-state index is -1.16. The third-order valence-electron chi connectivity index (χ3n) is 4.66. The minimum absolute atomic E-state index is 0.0698. The Bertz CT molecular complexity index is 901. The number of aromatic nitrogens is 1. The molecular weight excluding hydrogens is 409 g/mol. The van der Waals surface area contributed by atoms with Crippen LogP contribution in [0.1, 0.15) is 87.9 Å². The lowest BCUT2D eigenvalue weighted by molar-refractivity contribution is -0.118. The van der Waals surface area contributed by atoms with Gasteiger partial charge in [-0.15, -0.1) is 11.3 Å². The highest BCUT2D eigenvalue weighted by Gasteiger charge is 2.26. The fraction of sp³-hybridized carbons (Fsp3) is 0.524. The first-order chi connectivity index (χ1) is 13.3. The first kappa shape index (κ1) is 23.8. The maximum absolute atomic E-state index is 14.2. The van der Waals surface area contributed by atoms with Crippen molar-refractivity contribution in [3.8, 4) is 0 Å². The summed E-state index contributed by atoms with van der Waals surface area (Å²) < 4.78 is 19.0. The van der Waals surface area contributed by atoms with Gasteiger partial charge < -0.3 is 5.11 Å². The van der Waals surface area contributed by atoms with Gasteiger partial charge in [0, 0.05) is 10.9 Å². The fourth-order valence-corrected chi connectivity index (χ4v) is 5.04. The largest absolute Gasteiger partial charge is 0.383 e. The number of aliphatic hydroxyl groups is 1. The number of hydrogen-bond acceptors (Lipinski definition) is 4. The van der Waals surface area contributed by atoms with Gasteiger partial charge in [0.2, 0.25) is 0 Å². The van der Waals surface area contributed by atoms with Crippen molar-refractivity contribution in [2.45, 2.75) is 76.0 Å². The molecule has 1 aromatic heterocycles. The van der Waals surface area contributed by atoms with E-state index >= 15 is 0 Å². The standard InChI is InChI=1S/C21H30FN3O2S2/c1-11(2)15-8-14(22)9-16(12(3)4)18(15)13(5)19(26)25-29(23)17-10-24-20(28-17)21(6,7)27/h8-13,27H,1-7H3,(H2,23,25,26). The molecule has 0 saturated carbocycles. The van der Waals surface area contributed by atoms with E-state index in [1.165, 1.54) is 23.5 Å². The summed E-state index contributed by atoms with van der Waals surface area (Å²) in [4.78, 5) is 17.2. The molecule has 5 nitrogen and oxygen atoms in total. The van der Waals surface area contributed by atoms with Crippen molar-refractivity contribution in [2.24, 2.45) is 9.50 Å². The number of amides is 1. The van der Waals surface area contributed by atoms with Crippen molar-refractivity contribution in [2.75, 3.05) is 0 Å². The van der Waals surface area contributed by atoms with E-state index in [1.807, 2.05) is 27.7 Å². The highest BCUT2D eigenvalue weighted by Crippen LogP contribution is 2.35. The van der Waals surface area contributed by atoms with Crippen LogP contribution in [0.4, 0.5) is 4.39 Å². The lowest BCUT2D eigenvalue weighted by Crippen LogP contribution is -2.16. The molecule has 8 heteroatoms. The van der Waals surface area contributed by atoms with E-state index in [0.29, 0.717) is 9.22 Å². The predicted molar refractivity (Wildman–Crippen MR) is 118 cm³/mol. The number of nitrogens with two attached hydrogens (primary N) is 1. The van der Waals surface area contributed by atoms with Crippen LogP contribution < -0.4 is 5.14 Å². The molecule has 1 amide bonds. The number of carbonyl (C=O) groups is 1. The summed E-state index contributed by atoms with van der Waals surface area (Å²) in [5, 5.41) is 16.8. The van der Waals surface area contributed by atoms with Gasteiger partial charge in [-0.05, 0) is 61.4 Å². The van der Waals surface area contributed by atoms with Crippen molar-refractivity contribution in [3.63, 3.8) is 0 Å². The highest BCUT2D eigenvalue weighted by atomic mass is 32.2. The second-order valence-corrected chi connectivity index (χ2v) is 10.9. The smallest absolute Gasteiger partial charge is 0.260 e. The molecule has 0 bridgehead atoms. The minimum Gasteiger partial charge on any atom is -0.383 e. The average molecular weight is 440 g/mol. The average Bonchev–Trinajstić information content (AvgIpc) is 3.10. The van der Waals surface area contributed by atoms with Gasteiger partial charge in [-0.3, -0.25) is 9.93 Å². The zero-order valence-electron chi connectivity index (χ0n) is 18.0. The number of halogens is 1. The molecule has 2 atom stereocenters. The number of hydrogen-bond donors (Lipinski definition) is 2. The van der Waals surface area contributed by atoms with Crippen molar-refractivity contribution in [3.05, 3.63) is 45.8 Å². The Labute approximate surface area is 178 Å². The molecule has 1 heterocycles. The van der Waals surface area contributed by atoms with E-state index in [4.69, 9.17) is 5.14 Å². The third-order valence-corrected chi connectivity index (χ3v) is 7.42. The van der Waals surface area contributed by atoms with Gasteiger partial charge in [0.15, 0.2) is 0 Å². The van der Waals surface area contributed by atoms with Crippen LogP contribution in [0.2, 0.25) is 0 Å². The molecule has 0 aliphatic heterocycles. The van der Waals surface area contributed by atoms with E-state index in [1.54, 1.807) is 27.0 Å². The van der Waals surface area contributed by atoms with Crippen molar-refractivity contribution >= 4 is 28.1 Å². The van der Waals surface area contributed by atoms with Crippen LogP contribution in [0, 0.1) is 5.82 Å². The molecule has 2 aromatic rings. The number of thiazole rings is 1. The van der Waals surface area contributed by atoms with Crippen LogP contribution in [0.5, 0.6) is 0 Å². The van der Waals surface area contributed by atoms with E-state index in [9.17, 15) is 14.3 Å². The monoisotopic (exact) mass is 439 g/mol. The van der Waals surface area contributed by atoms with E-state index < -0.39 is 22.4 Å².